The molecule has 0 N–H and O–H groups in total. The van der Waals surface area contributed by atoms with Crippen LogP contribution in [0.2, 0.25) is 10.0 Å². The van der Waals surface area contributed by atoms with Crippen molar-refractivity contribution in [3.8, 4) is 11.5 Å². The minimum absolute atomic E-state index is 0.0647. The third kappa shape index (κ3) is 4.35. The molecule has 0 atom stereocenters. The fourth-order valence-corrected chi connectivity index (χ4v) is 2.77. The molecule has 1 aliphatic rings. The van der Waals surface area contributed by atoms with Crippen molar-refractivity contribution in [2.75, 3.05) is 7.11 Å². The number of halogens is 2. The molecule has 0 saturated carbocycles. The van der Waals surface area contributed by atoms with Crippen LogP contribution in [0.25, 0.3) is 6.08 Å². The summed E-state index contributed by atoms with van der Waals surface area (Å²) in [5, 5.41) is 0.795. The van der Waals surface area contributed by atoms with Crippen molar-refractivity contribution in [3.63, 3.8) is 0 Å². The topological polar surface area (TPSA) is 74.2 Å². The minimum Gasteiger partial charge on any atom is -0.493 e. The van der Waals surface area contributed by atoms with Gasteiger partial charge in [-0.25, -0.2) is 9.79 Å². The van der Waals surface area contributed by atoms with Crippen LogP contribution in [0, 0.1) is 0 Å². The van der Waals surface area contributed by atoms with Crippen LogP contribution in [0.5, 0.6) is 11.5 Å². The van der Waals surface area contributed by atoms with Gasteiger partial charge in [0.2, 0.25) is 5.90 Å². The molecule has 3 rings (SSSR count). The van der Waals surface area contributed by atoms with E-state index in [0.29, 0.717) is 26.9 Å². The maximum Gasteiger partial charge on any atom is 0.363 e. The molecule has 0 bridgehead atoms. The van der Waals surface area contributed by atoms with Gasteiger partial charge in [0.1, 0.15) is 0 Å². The molecule has 0 radical (unpaired) electrons. The second-order valence-electron chi connectivity index (χ2n) is 5.70. The number of hydrogen-bond donors (Lipinski definition) is 0. The standard InChI is InChI=1S/C20H15Cl2NO5/c1-3-18(24)27-17-9-11(4-7-16(17)26-2)8-15-20(25)28-19(23-15)13-10-12(21)5-6-14(13)22/h4-10H,3H2,1-2H3/b15-8-. The van der Waals surface area contributed by atoms with Gasteiger partial charge in [0.05, 0.1) is 17.7 Å². The fraction of sp³-hybridized carbons (Fsp3) is 0.150. The van der Waals surface area contributed by atoms with E-state index in [1.54, 1.807) is 43.3 Å². The number of nitrogens with zero attached hydrogens (tertiary/aromatic N) is 1. The SMILES string of the molecule is CCC(=O)Oc1cc(/C=C2\N=C(c3cc(Cl)ccc3Cl)OC2=O)ccc1OC. The van der Waals surface area contributed by atoms with Gasteiger partial charge in [-0.05, 0) is 42.0 Å². The number of carbonyl (C=O) groups excluding carboxylic acids is 2. The van der Waals surface area contributed by atoms with Crippen molar-refractivity contribution in [1.82, 2.24) is 0 Å². The van der Waals surface area contributed by atoms with E-state index in [2.05, 4.69) is 4.99 Å². The molecule has 0 spiro atoms. The molecule has 2 aromatic rings. The van der Waals surface area contributed by atoms with E-state index in [0.717, 1.165) is 0 Å². The van der Waals surface area contributed by atoms with E-state index in [4.69, 9.17) is 37.4 Å². The molecule has 0 aliphatic carbocycles. The molecule has 2 aromatic carbocycles. The molecule has 0 saturated heterocycles. The second kappa shape index (κ2) is 8.46. The Morgan fingerprint density at radius 1 is 1.18 bits per heavy atom. The van der Waals surface area contributed by atoms with Crippen LogP contribution in [0.3, 0.4) is 0 Å². The number of esters is 2. The monoisotopic (exact) mass is 419 g/mol. The first-order valence-electron chi connectivity index (χ1n) is 8.28. The van der Waals surface area contributed by atoms with Gasteiger partial charge in [0.25, 0.3) is 0 Å². The molecule has 8 heteroatoms. The Hall–Kier alpha value is -2.83. The smallest absolute Gasteiger partial charge is 0.363 e. The Kier molecular flexibility index (Phi) is 6.02. The van der Waals surface area contributed by atoms with E-state index in [9.17, 15) is 9.59 Å². The first-order chi connectivity index (χ1) is 13.4. The third-order valence-corrected chi connectivity index (χ3v) is 4.35. The second-order valence-corrected chi connectivity index (χ2v) is 6.54. The van der Waals surface area contributed by atoms with Gasteiger partial charge in [-0.3, -0.25) is 4.79 Å². The number of cyclic esters (lactones) is 1. The van der Waals surface area contributed by atoms with Crippen LogP contribution in [0.1, 0.15) is 24.5 Å². The summed E-state index contributed by atoms with van der Waals surface area (Å²) >= 11 is 12.1. The van der Waals surface area contributed by atoms with Crippen LogP contribution in [-0.2, 0) is 14.3 Å². The summed E-state index contributed by atoms with van der Waals surface area (Å²) in [4.78, 5) is 28.0. The number of benzene rings is 2. The van der Waals surface area contributed by atoms with Crippen LogP contribution in [-0.4, -0.2) is 24.9 Å². The first-order valence-corrected chi connectivity index (χ1v) is 9.03. The number of hydrogen-bond acceptors (Lipinski definition) is 6. The molecule has 28 heavy (non-hydrogen) atoms. The average Bonchev–Trinajstić information content (AvgIpc) is 3.04. The van der Waals surface area contributed by atoms with E-state index in [-0.39, 0.29) is 23.8 Å². The number of rotatable bonds is 5. The summed E-state index contributed by atoms with van der Waals surface area (Å²) < 4.78 is 15.7. The lowest BCUT2D eigenvalue weighted by Crippen LogP contribution is -2.07. The summed E-state index contributed by atoms with van der Waals surface area (Å²) in [5.41, 5.74) is 1.07. The van der Waals surface area contributed by atoms with E-state index in [1.165, 1.54) is 13.2 Å². The number of methoxy groups -OCH3 is 1. The minimum atomic E-state index is -0.631. The van der Waals surface area contributed by atoms with Gasteiger partial charge < -0.3 is 14.2 Å². The van der Waals surface area contributed by atoms with Crippen molar-refractivity contribution >= 4 is 47.1 Å². The molecule has 0 fully saturated rings. The van der Waals surface area contributed by atoms with Crippen molar-refractivity contribution in [2.24, 2.45) is 4.99 Å². The van der Waals surface area contributed by atoms with Crippen LogP contribution < -0.4 is 9.47 Å². The largest absolute Gasteiger partial charge is 0.493 e. The van der Waals surface area contributed by atoms with Crippen LogP contribution in [0.4, 0.5) is 0 Å². The Labute approximate surface area is 171 Å². The Balaban J connectivity index is 1.95. The van der Waals surface area contributed by atoms with Crippen molar-refractivity contribution in [1.29, 1.82) is 0 Å². The molecule has 0 aromatic heterocycles. The summed E-state index contributed by atoms with van der Waals surface area (Å²) in [6, 6.07) is 9.68. The fourth-order valence-electron chi connectivity index (χ4n) is 2.40. The lowest BCUT2D eigenvalue weighted by molar-refractivity contribution is -0.134. The molecular formula is C20H15Cl2NO5. The zero-order chi connectivity index (χ0) is 20.3. The molecule has 0 amide bonds. The molecular weight excluding hydrogens is 405 g/mol. The summed E-state index contributed by atoms with van der Waals surface area (Å²) in [6.45, 7) is 1.69. The molecule has 0 unspecified atom stereocenters. The molecule has 144 valence electrons. The van der Waals surface area contributed by atoms with E-state index < -0.39 is 11.9 Å². The van der Waals surface area contributed by atoms with Gasteiger partial charge in [-0.1, -0.05) is 36.2 Å². The first kappa shape index (κ1) is 19.9. The number of ether oxygens (including phenoxy) is 3. The highest BCUT2D eigenvalue weighted by atomic mass is 35.5. The maximum atomic E-state index is 12.2. The van der Waals surface area contributed by atoms with Crippen molar-refractivity contribution in [3.05, 3.63) is 63.3 Å². The van der Waals surface area contributed by atoms with Gasteiger partial charge >= 0.3 is 11.9 Å². The number of aliphatic imine (C=N–C) groups is 1. The summed E-state index contributed by atoms with van der Waals surface area (Å²) in [7, 11) is 1.47. The summed E-state index contributed by atoms with van der Waals surface area (Å²) in [5.74, 6) is -0.326. The zero-order valence-corrected chi connectivity index (χ0v) is 16.5. The van der Waals surface area contributed by atoms with Crippen LogP contribution >= 0.6 is 23.2 Å². The Morgan fingerprint density at radius 3 is 2.68 bits per heavy atom. The average molecular weight is 420 g/mol. The van der Waals surface area contributed by atoms with Gasteiger partial charge in [-0.15, -0.1) is 0 Å². The van der Waals surface area contributed by atoms with E-state index >= 15 is 0 Å². The van der Waals surface area contributed by atoms with Crippen LogP contribution in [0.15, 0.2) is 47.1 Å². The Morgan fingerprint density at radius 2 is 1.96 bits per heavy atom. The highest BCUT2D eigenvalue weighted by Crippen LogP contribution is 2.31. The highest BCUT2D eigenvalue weighted by molar-refractivity contribution is 6.36. The van der Waals surface area contributed by atoms with Crippen molar-refractivity contribution in [2.45, 2.75) is 13.3 Å². The summed E-state index contributed by atoms with van der Waals surface area (Å²) in [6.07, 6.45) is 1.73. The highest BCUT2D eigenvalue weighted by Gasteiger charge is 2.26. The Bertz CT molecular complexity index is 1010. The number of carbonyl (C=O) groups is 2. The van der Waals surface area contributed by atoms with Gasteiger partial charge in [0, 0.05) is 11.4 Å². The van der Waals surface area contributed by atoms with E-state index in [1.807, 2.05) is 0 Å². The van der Waals surface area contributed by atoms with Gasteiger partial charge in [0.15, 0.2) is 17.2 Å². The lowest BCUT2D eigenvalue weighted by Gasteiger charge is -2.09. The molecule has 6 nitrogen and oxygen atoms in total. The quantitative estimate of drug-likeness (QED) is 0.400. The zero-order valence-electron chi connectivity index (χ0n) is 15.0. The van der Waals surface area contributed by atoms with Crippen molar-refractivity contribution < 1.29 is 23.8 Å². The predicted molar refractivity (Wildman–Crippen MR) is 106 cm³/mol. The third-order valence-electron chi connectivity index (χ3n) is 3.78. The normalized spacial score (nSPS) is 14.6. The molecule has 1 aliphatic heterocycles. The lowest BCUT2D eigenvalue weighted by atomic mass is 10.1. The maximum absolute atomic E-state index is 12.2. The predicted octanol–water partition coefficient (Wildman–Crippen LogP) is 4.66. The van der Waals surface area contributed by atoms with Gasteiger partial charge in [-0.2, -0.15) is 0 Å². The molecule has 1 heterocycles.